The van der Waals surface area contributed by atoms with E-state index in [1.54, 1.807) is 47.3 Å². The molecule has 3 aromatic carbocycles. The summed E-state index contributed by atoms with van der Waals surface area (Å²) in [6.45, 7) is 29.9. The molecule has 0 bridgehead atoms. The molecule has 4 aliphatic rings. The van der Waals surface area contributed by atoms with Crippen LogP contribution in [0.2, 0.25) is 0 Å². The zero-order valence-corrected chi connectivity index (χ0v) is 52.7. The second-order valence-corrected chi connectivity index (χ2v) is 27.7. The van der Waals surface area contributed by atoms with Crippen molar-refractivity contribution in [1.29, 1.82) is 0 Å². The van der Waals surface area contributed by atoms with E-state index in [-0.39, 0.29) is 52.3 Å². The zero-order valence-electron chi connectivity index (χ0n) is 51.9. The van der Waals surface area contributed by atoms with Crippen molar-refractivity contribution in [2.45, 2.75) is 108 Å². The van der Waals surface area contributed by atoms with E-state index < -0.39 is 5.60 Å². The molecule has 3 amide bonds. The Morgan fingerprint density at radius 2 is 1.48 bits per heavy atom. The van der Waals surface area contributed by atoms with Crippen LogP contribution in [0, 0.1) is 11.6 Å². The van der Waals surface area contributed by atoms with Crippen molar-refractivity contribution in [3.8, 4) is 5.75 Å². The van der Waals surface area contributed by atoms with Crippen LogP contribution in [0.25, 0.3) is 21.8 Å². The van der Waals surface area contributed by atoms with E-state index in [0.717, 1.165) is 88.8 Å². The lowest BCUT2D eigenvalue weighted by atomic mass is 9.91. The van der Waals surface area contributed by atoms with Crippen molar-refractivity contribution in [3.05, 3.63) is 120 Å². The Balaban J connectivity index is 0.000000205. The number of halogens is 2. The first-order valence-corrected chi connectivity index (χ1v) is 30.7. The van der Waals surface area contributed by atoms with Crippen LogP contribution in [-0.4, -0.2) is 199 Å². The number of amides is 3. The molecule has 3 fully saturated rings. The van der Waals surface area contributed by atoms with Crippen molar-refractivity contribution >= 4 is 74.7 Å². The maximum atomic E-state index is 14.0. The molecule has 8 heterocycles. The quantitative estimate of drug-likeness (QED) is 0.103. The minimum atomic E-state index is -0.538. The third-order valence-electron chi connectivity index (χ3n) is 16.1. The highest BCUT2D eigenvalue weighted by Gasteiger charge is 2.41. The van der Waals surface area contributed by atoms with Gasteiger partial charge in [0, 0.05) is 136 Å². The average molecular weight is 1210 g/mol. The maximum absolute atomic E-state index is 14.0. The molecule has 462 valence electrons. The van der Waals surface area contributed by atoms with Gasteiger partial charge in [0.25, 0.3) is 5.91 Å². The van der Waals surface area contributed by atoms with Gasteiger partial charge in [-0.25, -0.2) is 33.5 Å². The van der Waals surface area contributed by atoms with Crippen LogP contribution >= 0.6 is 11.8 Å². The van der Waals surface area contributed by atoms with E-state index in [9.17, 15) is 23.2 Å². The van der Waals surface area contributed by atoms with Gasteiger partial charge in [-0.15, -0.1) is 11.8 Å². The summed E-state index contributed by atoms with van der Waals surface area (Å²) in [5.74, 6) is 1.91. The number of nitrogens with zero attached hydrogens (tertiary/aromatic N) is 13. The number of pyridine rings is 1. The number of fused-ring (bicyclic) bond motifs is 3. The van der Waals surface area contributed by atoms with E-state index in [1.807, 2.05) is 55.8 Å². The Labute approximate surface area is 512 Å². The molecule has 1 unspecified atom stereocenters. The van der Waals surface area contributed by atoms with E-state index in [4.69, 9.17) is 14.5 Å². The molecule has 20 nitrogen and oxygen atoms in total. The molecule has 0 spiro atoms. The lowest BCUT2D eigenvalue weighted by Crippen LogP contribution is -2.56. The summed E-state index contributed by atoms with van der Waals surface area (Å²) in [6.07, 6.45) is 6.99. The van der Waals surface area contributed by atoms with Crippen molar-refractivity contribution in [3.63, 3.8) is 0 Å². The zero-order chi connectivity index (χ0) is 62.0. The van der Waals surface area contributed by atoms with E-state index in [2.05, 4.69) is 110 Å². The summed E-state index contributed by atoms with van der Waals surface area (Å²) >= 11 is 1.72. The molecule has 11 rings (SSSR count). The first kappa shape index (κ1) is 62.5. The smallest absolute Gasteiger partial charge is 0.410 e. The second kappa shape index (κ2) is 26.0. The monoisotopic (exact) mass is 1210 g/mol. The third-order valence-corrected chi connectivity index (χ3v) is 17.2. The van der Waals surface area contributed by atoms with Gasteiger partial charge in [0.05, 0.1) is 39.4 Å². The summed E-state index contributed by atoms with van der Waals surface area (Å²) in [5.41, 5.74) is 4.94. The van der Waals surface area contributed by atoms with Gasteiger partial charge >= 0.3 is 6.09 Å². The first-order chi connectivity index (χ1) is 41.3. The van der Waals surface area contributed by atoms with Gasteiger partial charge in [-0.3, -0.25) is 29.5 Å². The minimum absolute atomic E-state index is 0.00750. The molecular formula is C64H81F2N15O5S. The fraction of sp³-hybridized carbons (Fsp3) is 0.484. The van der Waals surface area contributed by atoms with Crippen LogP contribution in [0.15, 0.2) is 90.5 Å². The fourth-order valence-electron chi connectivity index (χ4n) is 11.3. The number of thioether (sulfide) groups is 1. The first-order valence-electron chi connectivity index (χ1n) is 29.9. The number of ether oxygens (including phenoxy) is 2. The number of hydrogen-bond acceptors (Lipinski definition) is 17. The molecule has 2 N–H and O–H groups in total. The van der Waals surface area contributed by atoms with Crippen molar-refractivity contribution in [2.24, 2.45) is 0 Å². The lowest BCUT2D eigenvalue weighted by Gasteiger charge is -2.40. The topological polar surface area (TPSA) is 198 Å². The predicted octanol–water partition coefficient (Wildman–Crippen LogP) is 9.42. The number of aromatic amines is 1. The summed E-state index contributed by atoms with van der Waals surface area (Å²) in [6, 6.07) is 17.3. The minimum Gasteiger partial charge on any atom is -0.491 e. The molecule has 7 aromatic rings. The number of likely N-dealkylation sites (N-methyl/N-ethyl adjacent to an activating group) is 1. The Kier molecular flexibility index (Phi) is 18.7. The largest absolute Gasteiger partial charge is 0.491 e. The molecule has 23 heteroatoms. The number of carbonyl (C=O) groups is 3. The van der Waals surface area contributed by atoms with Crippen LogP contribution in [-0.2, 0) is 21.4 Å². The number of anilines is 4. The molecule has 0 radical (unpaired) electrons. The van der Waals surface area contributed by atoms with Crippen molar-refractivity contribution in [1.82, 2.24) is 59.6 Å². The number of carbonyl (C=O) groups excluding carboxylic acids is 3. The number of benzene rings is 3. The molecule has 0 aliphatic carbocycles. The maximum Gasteiger partial charge on any atom is 0.410 e. The van der Waals surface area contributed by atoms with Crippen LogP contribution in [0.4, 0.5) is 36.8 Å². The Morgan fingerprint density at radius 3 is 2.18 bits per heavy atom. The van der Waals surface area contributed by atoms with Gasteiger partial charge in [0.2, 0.25) is 11.9 Å². The third kappa shape index (κ3) is 15.4. The van der Waals surface area contributed by atoms with Gasteiger partial charge in [-0.1, -0.05) is 46.8 Å². The summed E-state index contributed by atoms with van der Waals surface area (Å²) in [5, 5.41) is 12.0. The average Bonchev–Trinajstić information content (AvgIpc) is 1.74. The molecule has 2 atom stereocenters. The SMILES string of the molecule is CC1CN(CC(=O)N2CC(C)(C)c3ncc(Cc4ccc(F)cc4)cc32)CCN1C(=O)OC(C)(C)C.C[C@@H]1CN(C(=O)c2cnc(N3CCN(CCOc4cc5ncnc(Nc6n[nH]c7ccc(F)cc67)c5cc4SC(C)(C)C)CC3)nc2)CCN1C. The van der Waals surface area contributed by atoms with Gasteiger partial charge in [0.15, 0.2) is 5.82 Å². The number of hydrogen-bond donors (Lipinski definition) is 2. The molecule has 87 heavy (non-hydrogen) atoms. The van der Waals surface area contributed by atoms with Crippen LogP contribution in [0.3, 0.4) is 0 Å². The summed E-state index contributed by atoms with van der Waals surface area (Å²) in [4.78, 5) is 77.4. The number of piperazine rings is 3. The van der Waals surface area contributed by atoms with Gasteiger partial charge in [-0.2, -0.15) is 5.10 Å². The summed E-state index contributed by atoms with van der Waals surface area (Å²) in [7, 11) is 2.09. The lowest BCUT2D eigenvalue weighted by molar-refractivity contribution is -0.120. The predicted molar refractivity (Wildman–Crippen MR) is 336 cm³/mol. The highest BCUT2D eigenvalue weighted by molar-refractivity contribution is 8.00. The number of nitrogens with one attached hydrogen (secondary N) is 2. The summed E-state index contributed by atoms with van der Waals surface area (Å²) < 4.78 is 39.2. The van der Waals surface area contributed by atoms with Crippen LogP contribution in [0.1, 0.15) is 96.4 Å². The highest BCUT2D eigenvalue weighted by atomic mass is 32.2. The van der Waals surface area contributed by atoms with Crippen LogP contribution in [0.5, 0.6) is 5.75 Å². The van der Waals surface area contributed by atoms with Crippen molar-refractivity contribution in [2.75, 3.05) is 114 Å². The Morgan fingerprint density at radius 1 is 0.759 bits per heavy atom. The highest BCUT2D eigenvalue weighted by Crippen LogP contribution is 2.42. The van der Waals surface area contributed by atoms with E-state index >= 15 is 0 Å². The number of H-pyrrole nitrogens is 1. The standard InChI is InChI=1S/C36H44FN11O2S.C28H37FN4O3/c1-23-21-48(11-8-45(23)5)34(49)24-19-38-35(39-20-24)47-12-9-46(10-13-47)14-15-50-30-18-29-27(17-31(30)51-36(2,3)4)32(41-22-40-29)42-33-26-16-25(37)6-7-28(26)43-44-33;1-19-16-31(11-12-32(19)26(35)36-27(2,3)4)17-24(34)33-18-28(5,6)25-23(33)14-21(15-30-25)13-20-7-9-22(29)10-8-20/h6-7,16-20,22-23H,8-15,21H2,1-5H3,(H2,40,41,42,43,44);7-10,14-15,19H,11-13,16-18H2,1-6H3/t23-;/m1./s1. The van der Waals surface area contributed by atoms with E-state index in [1.165, 1.54) is 30.6 Å². The van der Waals surface area contributed by atoms with Crippen LogP contribution < -0.4 is 19.9 Å². The molecule has 0 saturated carbocycles. The van der Waals surface area contributed by atoms with Gasteiger partial charge in [0.1, 0.15) is 41.7 Å². The second-order valence-electron chi connectivity index (χ2n) is 25.8. The number of aromatic nitrogens is 7. The molecule has 4 aliphatic heterocycles. The molecule has 4 aromatic heterocycles. The van der Waals surface area contributed by atoms with E-state index in [0.29, 0.717) is 86.9 Å². The Hall–Kier alpha value is -7.60. The molecular weight excluding hydrogens is 1130 g/mol. The fourth-order valence-corrected chi connectivity index (χ4v) is 12.4. The van der Waals surface area contributed by atoms with Crippen molar-refractivity contribution < 1.29 is 32.6 Å². The Bertz CT molecular complexity index is 3590. The van der Waals surface area contributed by atoms with Gasteiger partial charge in [-0.05, 0) is 102 Å². The molecule has 3 saturated heterocycles. The number of rotatable bonds is 13. The normalized spacial score (nSPS) is 18.6. The van der Waals surface area contributed by atoms with Gasteiger partial charge < -0.3 is 39.3 Å².